The molecule has 0 fully saturated rings. The van der Waals surface area contributed by atoms with Crippen LogP contribution >= 0.6 is 27.3 Å². The van der Waals surface area contributed by atoms with Crippen molar-refractivity contribution in [1.82, 2.24) is 0 Å². The molecule has 0 aliphatic heterocycles. The number of halogens is 3. The van der Waals surface area contributed by atoms with Crippen LogP contribution in [0.1, 0.15) is 21.4 Å². The summed E-state index contributed by atoms with van der Waals surface area (Å²) in [6.07, 6.45) is -0.946. The second-order valence-corrected chi connectivity index (χ2v) is 5.79. The standard InChI is InChI=1S/C12H9BrF2OS/c1-6-4-8(13)12(17-6)11(16)7-2-3-9(14)10(15)5-7/h2-5,11,16H,1H3. The van der Waals surface area contributed by atoms with Crippen molar-refractivity contribution in [3.63, 3.8) is 0 Å². The van der Waals surface area contributed by atoms with Crippen LogP contribution in [0.3, 0.4) is 0 Å². The van der Waals surface area contributed by atoms with Crippen molar-refractivity contribution in [2.24, 2.45) is 0 Å². The number of hydrogen-bond donors (Lipinski definition) is 1. The van der Waals surface area contributed by atoms with E-state index >= 15 is 0 Å². The number of thiophene rings is 1. The van der Waals surface area contributed by atoms with Gasteiger partial charge in [-0.3, -0.25) is 0 Å². The molecule has 17 heavy (non-hydrogen) atoms. The van der Waals surface area contributed by atoms with Crippen LogP contribution in [0.15, 0.2) is 28.7 Å². The molecule has 1 atom stereocenters. The van der Waals surface area contributed by atoms with Gasteiger partial charge in [-0.1, -0.05) is 6.07 Å². The fraction of sp³-hybridized carbons (Fsp3) is 0.167. The molecular weight excluding hydrogens is 310 g/mol. The fourth-order valence-electron chi connectivity index (χ4n) is 1.52. The summed E-state index contributed by atoms with van der Waals surface area (Å²) in [6.45, 7) is 1.91. The lowest BCUT2D eigenvalue weighted by Crippen LogP contribution is -1.99. The third-order valence-electron chi connectivity index (χ3n) is 2.34. The summed E-state index contributed by atoms with van der Waals surface area (Å²) in [4.78, 5) is 1.72. The van der Waals surface area contributed by atoms with Crippen molar-refractivity contribution in [3.8, 4) is 0 Å². The predicted molar refractivity (Wildman–Crippen MR) is 67.2 cm³/mol. The molecular formula is C12H9BrF2OS. The fourth-order valence-corrected chi connectivity index (χ4v) is 3.40. The van der Waals surface area contributed by atoms with Crippen molar-refractivity contribution >= 4 is 27.3 Å². The molecule has 90 valence electrons. The molecule has 0 amide bonds. The van der Waals surface area contributed by atoms with Gasteiger partial charge in [0.05, 0.1) is 4.88 Å². The van der Waals surface area contributed by atoms with Gasteiger partial charge in [0, 0.05) is 9.35 Å². The van der Waals surface area contributed by atoms with Crippen LogP contribution in [0.5, 0.6) is 0 Å². The highest BCUT2D eigenvalue weighted by Gasteiger charge is 2.17. The summed E-state index contributed by atoms with van der Waals surface area (Å²) in [6, 6.07) is 5.29. The Morgan fingerprint density at radius 3 is 2.47 bits per heavy atom. The molecule has 1 aromatic carbocycles. The lowest BCUT2D eigenvalue weighted by molar-refractivity contribution is 0.222. The zero-order valence-corrected chi connectivity index (χ0v) is 11.3. The summed E-state index contributed by atoms with van der Waals surface area (Å²) in [5.41, 5.74) is 0.339. The minimum absolute atomic E-state index is 0.339. The van der Waals surface area contributed by atoms with Gasteiger partial charge in [-0.2, -0.15) is 0 Å². The van der Waals surface area contributed by atoms with Gasteiger partial charge in [-0.15, -0.1) is 11.3 Å². The molecule has 0 aliphatic rings. The Morgan fingerprint density at radius 2 is 1.94 bits per heavy atom. The predicted octanol–water partition coefficient (Wildman–Crippen LogP) is 4.18. The van der Waals surface area contributed by atoms with Crippen LogP contribution in [0, 0.1) is 18.6 Å². The molecule has 2 aromatic rings. The van der Waals surface area contributed by atoms with Crippen LogP contribution in [-0.4, -0.2) is 5.11 Å². The zero-order valence-electron chi connectivity index (χ0n) is 8.88. The van der Waals surface area contributed by atoms with E-state index in [4.69, 9.17) is 0 Å². The number of aliphatic hydroxyl groups excluding tert-OH is 1. The summed E-state index contributed by atoms with van der Waals surface area (Å²) in [5.74, 6) is -1.87. The van der Waals surface area contributed by atoms with Crippen molar-refractivity contribution in [1.29, 1.82) is 0 Å². The van der Waals surface area contributed by atoms with Crippen LogP contribution in [-0.2, 0) is 0 Å². The Hall–Kier alpha value is -0.780. The third-order valence-corrected chi connectivity index (χ3v) is 4.37. The van der Waals surface area contributed by atoms with Crippen molar-refractivity contribution in [2.45, 2.75) is 13.0 Å². The van der Waals surface area contributed by atoms with Crippen molar-refractivity contribution < 1.29 is 13.9 Å². The van der Waals surface area contributed by atoms with Crippen molar-refractivity contribution in [3.05, 3.63) is 55.7 Å². The van der Waals surface area contributed by atoms with E-state index < -0.39 is 17.7 Å². The van der Waals surface area contributed by atoms with Gasteiger partial charge in [0.25, 0.3) is 0 Å². The van der Waals surface area contributed by atoms with Gasteiger partial charge in [0.15, 0.2) is 11.6 Å². The van der Waals surface area contributed by atoms with Crippen molar-refractivity contribution in [2.75, 3.05) is 0 Å². The van der Waals surface area contributed by atoms with Crippen LogP contribution in [0.4, 0.5) is 8.78 Å². The zero-order chi connectivity index (χ0) is 12.6. The quantitative estimate of drug-likeness (QED) is 0.880. The molecule has 1 N–H and O–H groups in total. The third kappa shape index (κ3) is 2.56. The van der Waals surface area contributed by atoms with E-state index in [-0.39, 0.29) is 0 Å². The van der Waals surface area contributed by atoms with E-state index in [1.54, 1.807) is 0 Å². The first-order chi connectivity index (χ1) is 7.99. The molecule has 0 bridgehead atoms. The maximum Gasteiger partial charge on any atom is 0.159 e. The Balaban J connectivity index is 2.40. The number of aryl methyl sites for hydroxylation is 1. The molecule has 5 heteroatoms. The SMILES string of the molecule is Cc1cc(Br)c(C(O)c2ccc(F)c(F)c2)s1. The molecule has 1 aromatic heterocycles. The largest absolute Gasteiger partial charge is 0.383 e. The lowest BCUT2D eigenvalue weighted by atomic mass is 10.1. The van der Waals surface area contributed by atoms with E-state index in [1.165, 1.54) is 17.4 Å². The molecule has 1 heterocycles. The number of benzene rings is 1. The monoisotopic (exact) mass is 318 g/mol. The van der Waals surface area contributed by atoms with Gasteiger partial charge in [-0.05, 0) is 46.6 Å². The van der Waals surface area contributed by atoms with E-state index in [0.29, 0.717) is 10.4 Å². The van der Waals surface area contributed by atoms with Gasteiger partial charge >= 0.3 is 0 Å². The van der Waals surface area contributed by atoms with Gasteiger partial charge < -0.3 is 5.11 Å². The molecule has 0 spiro atoms. The molecule has 1 nitrogen and oxygen atoms in total. The normalized spacial score (nSPS) is 12.8. The van der Waals surface area contributed by atoms with Gasteiger partial charge in [0.1, 0.15) is 6.10 Å². The van der Waals surface area contributed by atoms with E-state index in [0.717, 1.165) is 21.5 Å². The Morgan fingerprint density at radius 1 is 1.24 bits per heavy atom. The van der Waals surface area contributed by atoms with E-state index in [9.17, 15) is 13.9 Å². The molecule has 0 saturated heterocycles. The summed E-state index contributed by atoms with van der Waals surface area (Å²) in [5, 5.41) is 10.1. The van der Waals surface area contributed by atoms with Crippen LogP contribution in [0.25, 0.3) is 0 Å². The van der Waals surface area contributed by atoms with Gasteiger partial charge in [-0.25, -0.2) is 8.78 Å². The van der Waals surface area contributed by atoms with Crippen LogP contribution in [0.2, 0.25) is 0 Å². The Kier molecular flexibility index (Phi) is 3.61. The van der Waals surface area contributed by atoms with Gasteiger partial charge in [0.2, 0.25) is 0 Å². The lowest BCUT2D eigenvalue weighted by Gasteiger charge is -2.10. The van der Waals surface area contributed by atoms with E-state index in [1.807, 2.05) is 13.0 Å². The highest BCUT2D eigenvalue weighted by Crippen LogP contribution is 2.35. The first kappa shape index (κ1) is 12.7. The molecule has 1 unspecified atom stereocenters. The number of hydrogen-bond acceptors (Lipinski definition) is 2. The summed E-state index contributed by atoms with van der Waals surface area (Å²) < 4.78 is 26.6. The molecule has 0 aliphatic carbocycles. The topological polar surface area (TPSA) is 20.2 Å². The average Bonchev–Trinajstić information content (AvgIpc) is 2.61. The maximum absolute atomic E-state index is 13.1. The maximum atomic E-state index is 13.1. The summed E-state index contributed by atoms with van der Waals surface area (Å²) >= 11 is 4.74. The first-order valence-corrected chi connectivity index (χ1v) is 6.49. The average molecular weight is 319 g/mol. The van der Waals surface area contributed by atoms with E-state index in [2.05, 4.69) is 15.9 Å². The second kappa shape index (κ2) is 4.84. The minimum atomic E-state index is -0.953. The smallest absolute Gasteiger partial charge is 0.159 e. The van der Waals surface area contributed by atoms with Crippen LogP contribution < -0.4 is 0 Å². The first-order valence-electron chi connectivity index (χ1n) is 4.88. The number of rotatable bonds is 2. The summed E-state index contributed by atoms with van der Waals surface area (Å²) in [7, 11) is 0. The minimum Gasteiger partial charge on any atom is -0.383 e. The highest BCUT2D eigenvalue weighted by molar-refractivity contribution is 9.10. The molecule has 2 rings (SSSR count). The molecule has 0 radical (unpaired) electrons. The number of aliphatic hydroxyl groups is 1. The second-order valence-electron chi connectivity index (χ2n) is 3.65. The Bertz CT molecular complexity index is 553. The Labute approximate surface area is 110 Å². The highest BCUT2D eigenvalue weighted by atomic mass is 79.9. The molecule has 0 saturated carbocycles.